The van der Waals surface area contributed by atoms with Gasteiger partial charge in [-0.3, -0.25) is 0 Å². The summed E-state index contributed by atoms with van der Waals surface area (Å²) in [5.74, 6) is 0. The minimum Gasteiger partial charge on any atom is -0.304 e. The van der Waals surface area contributed by atoms with Crippen LogP contribution in [0.15, 0.2) is 0 Å². The van der Waals surface area contributed by atoms with Gasteiger partial charge in [0.1, 0.15) is 0 Å². The van der Waals surface area contributed by atoms with Crippen molar-refractivity contribution < 1.29 is 0 Å². The van der Waals surface area contributed by atoms with Crippen LogP contribution in [0.4, 0.5) is 0 Å². The van der Waals surface area contributed by atoms with E-state index in [9.17, 15) is 0 Å². The molecule has 0 aromatic rings. The Balaban J connectivity index is 0. The number of nitrogens with zero attached hydrogens (tertiary/aromatic N) is 1. The van der Waals surface area contributed by atoms with E-state index in [1.807, 2.05) is 0 Å². The third-order valence-electron chi connectivity index (χ3n) is 9.10. The fourth-order valence-corrected chi connectivity index (χ4v) is 6.20. The van der Waals surface area contributed by atoms with Gasteiger partial charge < -0.3 is 4.90 Å². The van der Waals surface area contributed by atoms with Gasteiger partial charge >= 0.3 is 0 Å². The largest absolute Gasteiger partial charge is 0.304 e. The Morgan fingerprint density at radius 2 is 0.425 bits per heavy atom. The zero-order chi connectivity index (χ0) is 28.3. The van der Waals surface area contributed by atoms with Crippen LogP contribution in [0, 0.1) is 0 Å². The lowest BCUT2D eigenvalue weighted by molar-refractivity contribution is 0.273. The monoisotopic (exact) mass is 586 g/mol. The van der Waals surface area contributed by atoms with Gasteiger partial charge in [0, 0.05) is 0 Å². The number of rotatable bonds is 35. The quantitative estimate of drug-likeness (QED) is 0.0668. The number of hydrogen-bond acceptors (Lipinski definition) is 1. The third-order valence-corrected chi connectivity index (χ3v) is 9.10. The van der Waals surface area contributed by atoms with Crippen molar-refractivity contribution in [2.75, 3.05) is 19.6 Å². The molecule has 0 atom stereocenters. The predicted molar refractivity (Wildman–Crippen MR) is 188 cm³/mol. The first-order valence-corrected chi connectivity index (χ1v) is 19.1. The highest BCUT2D eigenvalue weighted by molar-refractivity contribution is 5.85. The van der Waals surface area contributed by atoms with Crippen molar-refractivity contribution in [2.45, 2.75) is 226 Å². The minimum atomic E-state index is 0. The van der Waals surface area contributed by atoms with Gasteiger partial charge in [-0.2, -0.15) is 0 Å². The molecule has 0 amide bonds. The van der Waals surface area contributed by atoms with E-state index < -0.39 is 0 Å². The van der Waals surface area contributed by atoms with Crippen molar-refractivity contribution >= 4 is 12.4 Å². The number of unbranched alkanes of at least 4 members (excludes halogenated alkanes) is 30. The zero-order valence-corrected chi connectivity index (χ0v) is 29.4. The lowest BCUT2D eigenvalue weighted by atomic mass is 10.0. The summed E-state index contributed by atoms with van der Waals surface area (Å²) >= 11 is 0. The van der Waals surface area contributed by atoms with E-state index in [-0.39, 0.29) is 12.4 Å². The van der Waals surface area contributed by atoms with Gasteiger partial charge in [0.25, 0.3) is 0 Å². The molecule has 0 aromatic carbocycles. The molecule has 244 valence electrons. The summed E-state index contributed by atoms with van der Waals surface area (Å²) in [6.07, 6.45) is 46.9. The molecule has 0 bridgehead atoms. The van der Waals surface area contributed by atoms with E-state index in [0.29, 0.717) is 0 Å². The van der Waals surface area contributed by atoms with E-state index in [1.165, 1.54) is 225 Å². The SMILES string of the molecule is CCCCCCCCCCCCCCCCCCCCCCN(CC)CCCCCCCCCCCCCC.Cl. The first kappa shape index (κ1) is 42.4. The molecule has 0 N–H and O–H groups in total. The smallest absolute Gasteiger partial charge is 0.00189 e. The summed E-state index contributed by atoms with van der Waals surface area (Å²) in [4.78, 5) is 2.71. The average Bonchev–Trinajstić information content (AvgIpc) is 2.95. The summed E-state index contributed by atoms with van der Waals surface area (Å²) in [5.41, 5.74) is 0. The van der Waals surface area contributed by atoms with Crippen molar-refractivity contribution in [3.63, 3.8) is 0 Å². The Hall–Kier alpha value is 0.250. The highest BCUT2D eigenvalue weighted by atomic mass is 35.5. The van der Waals surface area contributed by atoms with Crippen LogP contribution in [0.5, 0.6) is 0 Å². The molecule has 1 nitrogen and oxygen atoms in total. The fraction of sp³-hybridized carbons (Fsp3) is 1.00. The van der Waals surface area contributed by atoms with E-state index in [1.54, 1.807) is 0 Å². The maximum absolute atomic E-state index is 2.71. The van der Waals surface area contributed by atoms with Gasteiger partial charge in [-0.15, -0.1) is 12.4 Å². The molecule has 0 aliphatic carbocycles. The molecule has 0 aromatic heterocycles. The Kier molecular flexibility index (Phi) is 41.6. The standard InChI is InChI=1S/C38H79N.ClH/c1-4-7-9-11-13-15-17-19-20-21-22-23-24-25-26-28-30-32-34-36-38-39(6-3)37-35-33-31-29-27-18-16-14-12-10-8-5-2;/h4-38H2,1-3H3;1H. The molecule has 0 saturated carbocycles. The highest BCUT2D eigenvalue weighted by Crippen LogP contribution is 2.15. The topological polar surface area (TPSA) is 3.24 Å². The van der Waals surface area contributed by atoms with Crippen LogP contribution in [0.3, 0.4) is 0 Å². The fourth-order valence-electron chi connectivity index (χ4n) is 6.20. The molecule has 2 heteroatoms. The summed E-state index contributed by atoms with van der Waals surface area (Å²) < 4.78 is 0. The Morgan fingerprint density at radius 1 is 0.250 bits per heavy atom. The van der Waals surface area contributed by atoms with Crippen LogP contribution in [0.2, 0.25) is 0 Å². The Labute approximate surface area is 262 Å². The van der Waals surface area contributed by atoms with Crippen LogP contribution in [-0.4, -0.2) is 24.5 Å². The van der Waals surface area contributed by atoms with Crippen LogP contribution < -0.4 is 0 Å². The van der Waals surface area contributed by atoms with Gasteiger partial charge in [0.05, 0.1) is 0 Å². The lowest BCUT2D eigenvalue weighted by Crippen LogP contribution is -2.25. The summed E-state index contributed by atoms with van der Waals surface area (Å²) in [5, 5.41) is 0. The normalized spacial score (nSPS) is 11.4. The van der Waals surface area contributed by atoms with Gasteiger partial charge in [-0.25, -0.2) is 0 Å². The molecule has 0 spiro atoms. The van der Waals surface area contributed by atoms with Gasteiger partial charge in [0.15, 0.2) is 0 Å². The van der Waals surface area contributed by atoms with Crippen molar-refractivity contribution in [1.29, 1.82) is 0 Å². The number of halogens is 1. The van der Waals surface area contributed by atoms with Crippen LogP contribution in [0.1, 0.15) is 226 Å². The zero-order valence-electron chi connectivity index (χ0n) is 28.6. The van der Waals surface area contributed by atoms with Gasteiger partial charge in [-0.05, 0) is 32.5 Å². The second kappa shape index (κ2) is 39.2. The maximum Gasteiger partial charge on any atom is -0.00189 e. The van der Waals surface area contributed by atoms with E-state index >= 15 is 0 Å². The highest BCUT2D eigenvalue weighted by Gasteiger charge is 2.02. The first-order valence-electron chi connectivity index (χ1n) is 19.1. The molecule has 0 radical (unpaired) electrons. The Bertz CT molecular complexity index is 412. The predicted octanol–water partition coefficient (Wildman–Crippen LogP) is 14.3. The molecule has 40 heavy (non-hydrogen) atoms. The van der Waals surface area contributed by atoms with E-state index in [2.05, 4.69) is 25.7 Å². The average molecular weight is 587 g/mol. The third kappa shape index (κ3) is 36.3. The summed E-state index contributed by atoms with van der Waals surface area (Å²) in [7, 11) is 0. The molecule has 0 saturated heterocycles. The molecule has 0 heterocycles. The van der Waals surface area contributed by atoms with Gasteiger partial charge in [-0.1, -0.05) is 213 Å². The molecule has 0 rings (SSSR count). The van der Waals surface area contributed by atoms with E-state index in [4.69, 9.17) is 0 Å². The van der Waals surface area contributed by atoms with Crippen molar-refractivity contribution in [1.82, 2.24) is 4.90 Å². The second-order valence-corrected chi connectivity index (χ2v) is 13.0. The Morgan fingerprint density at radius 3 is 0.600 bits per heavy atom. The summed E-state index contributed by atoms with van der Waals surface area (Å²) in [6, 6.07) is 0. The van der Waals surface area contributed by atoms with Crippen LogP contribution >= 0.6 is 12.4 Å². The van der Waals surface area contributed by atoms with Crippen molar-refractivity contribution in [2.24, 2.45) is 0 Å². The van der Waals surface area contributed by atoms with Crippen LogP contribution in [-0.2, 0) is 0 Å². The van der Waals surface area contributed by atoms with E-state index in [0.717, 1.165) is 0 Å². The molecular formula is C38H80ClN. The van der Waals surface area contributed by atoms with Crippen LogP contribution in [0.25, 0.3) is 0 Å². The second-order valence-electron chi connectivity index (χ2n) is 13.0. The molecular weight excluding hydrogens is 506 g/mol. The summed E-state index contributed by atoms with van der Waals surface area (Å²) in [6.45, 7) is 10.9. The molecule has 0 aliphatic rings. The first-order chi connectivity index (χ1) is 19.3. The lowest BCUT2D eigenvalue weighted by Gasteiger charge is -2.20. The van der Waals surface area contributed by atoms with Gasteiger partial charge in [0.2, 0.25) is 0 Å². The molecule has 0 unspecified atom stereocenters. The van der Waals surface area contributed by atoms with Crippen molar-refractivity contribution in [3.05, 3.63) is 0 Å². The molecule has 0 fully saturated rings. The molecule has 0 aliphatic heterocycles. The minimum absolute atomic E-state index is 0. The van der Waals surface area contributed by atoms with Crippen molar-refractivity contribution in [3.8, 4) is 0 Å². The maximum atomic E-state index is 2.71. The number of hydrogen-bond donors (Lipinski definition) is 0.